The van der Waals surface area contributed by atoms with Gasteiger partial charge in [-0.25, -0.2) is 4.57 Å². The number of nitrogens with zero attached hydrogens (tertiary/aromatic N) is 5. The maximum Gasteiger partial charge on any atom is 0.236 e. The van der Waals surface area contributed by atoms with E-state index >= 15 is 0 Å². The van der Waals surface area contributed by atoms with E-state index in [4.69, 9.17) is 0 Å². The highest BCUT2D eigenvalue weighted by Crippen LogP contribution is 2.23. The van der Waals surface area contributed by atoms with Gasteiger partial charge in [-0.2, -0.15) is 0 Å². The fourth-order valence-electron chi connectivity index (χ4n) is 8.81. The lowest BCUT2D eigenvalue weighted by atomic mass is 10.0. The highest BCUT2D eigenvalue weighted by atomic mass is 16.2. The second-order valence-electron chi connectivity index (χ2n) is 17.9. The third-order valence-electron chi connectivity index (χ3n) is 13.2. The van der Waals surface area contributed by atoms with Crippen molar-refractivity contribution in [1.82, 2.24) is 40.9 Å². The molecule has 13 nitrogen and oxygen atoms in total. The molecule has 4 N–H and O–H groups in total. The van der Waals surface area contributed by atoms with Crippen LogP contribution >= 0.6 is 0 Å². The van der Waals surface area contributed by atoms with Crippen LogP contribution in [0.25, 0.3) is 21.7 Å². The van der Waals surface area contributed by atoms with Gasteiger partial charge < -0.3 is 36.0 Å². The molecule has 1 aliphatic heterocycles. The van der Waals surface area contributed by atoms with Crippen molar-refractivity contribution in [3.63, 3.8) is 0 Å². The van der Waals surface area contributed by atoms with Crippen LogP contribution in [0, 0.1) is 0 Å². The average Bonchev–Trinajstić information content (AvgIpc) is 3.37. The third kappa shape index (κ3) is 13.8. The Bertz CT molecular complexity index is 2520. The molecule has 1 aliphatic rings. The second-order valence-corrected chi connectivity index (χ2v) is 17.9. The van der Waals surface area contributed by atoms with Crippen LogP contribution < -0.4 is 25.8 Å². The summed E-state index contributed by atoms with van der Waals surface area (Å²) in [5.41, 5.74) is 5.33. The summed E-state index contributed by atoms with van der Waals surface area (Å²) in [5, 5.41) is 16.8. The molecule has 6 aromatic rings. The summed E-state index contributed by atoms with van der Waals surface area (Å²) in [6, 6.07) is 44.4. The number of nitrogens with one attached hydrogen (secondary N) is 4. The van der Waals surface area contributed by atoms with E-state index in [1.54, 1.807) is 14.7 Å². The van der Waals surface area contributed by atoms with Gasteiger partial charge in [0.05, 0.1) is 31.6 Å². The first-order valence-corrected chi connectivity index (χ1v) is 24.0. The molecule has 5 aromatic carbocycles. The molecule has 0 radical (unpaired) electrons. The van der Waals surface area contributed by atoms with Crippen LogP contribution in [0.2, 0.25) is 0 Å². The maximum absolute atomic E-state index is 14.1. The van der Waals surface area contributed by atoms with E-state index in [-0.39, 0.29) is 81.0 Å². The fourth-order valence-corrected chi connectivity index (χ4v) is 8.81. The van der Waals surface area contributed by atoms with Crippen LogP contribution in [0.5, 0.6) is 0 Å². The van der Waals surface area contributed by atoms with Gasteiger partial charge in [0.1, 0.15) is 7.05 Å². The van der Waals surface area contributed by atoms with Crippen molar-refractivity contribution < 1.29 is 23.7 Å². The molecule has 356 valence electrons. The Hall–Kier alpha value is -6.51. The molecular weight excluding hydrogens is 851 g/mol. The van der Waals surface area contributed by atoms with Gasteiger partial charge in [0.25, 0.3) is 0 Å². The highest BCUT2D eigenvalue weighted by molar-refractivity contribution is 6.04. The number of amides is 4. The molecule has 13 heteroatoms. The second kappa shape index (κ2) is 24.5. The number of carbonyl (C=O) groups is 4. The predicted molar refractivity (Wildman–Crippen MR) is 269 cm³/mol. The summed E-state index contributed by atoms with van der Waals surface area (Å²) < 4.78 is 2.12. The first-order chi connectivity index (χ1) is 33.0. The van der Waals surface area contributed by atoms with E-state index in [0.29, 0.717) is 45.8 Å². The van der Waals surface area contributed by atoms with Crippen LogP contribution in [-0.2, 0) is 32.8 Å². The Balaban J connectivity index is 1.08. The molecule has 3 atom stereocenters. The Labute approximate surface area is 401 Å². The van der Waals surface area contributed by atoms with E-state index < -0.39 is 0 Å². The standard InChI is InChI=1S/C55H67N9O4/c1-41(45-16-8-5-9-17-45)56-36-53(66)62-28-26-61(40-52(65)59-35-44-24-25-51-50(34-44)49-23-15-14-22-48(49)39-60(51)4)27-29-63(54(67)37-57-42(2)46-18-10-6-11-19-46)31-33-64(32-30-62)55(68)38-58-43(3)47-20-12-7-13-21-47/h5-25,34,39,41-43,56-58H,26-33,35-38,40H2,1-4H3/p+1/t41-,42-,43-/m1/s1. The van der Waals surface area contributed by atoms with Crippen molar-refractivity contribution in [2.75, 3.05) is 78.5 Å². The zero-order valence-corrected chi connectivity index (χ0v) is 40.1. The molecular formula is C55H68N9O4+. The predicted octanol–water partition coefficient (Wildman–Crippen LogP) is 5.29. The number of pyridine rings is 1. The normalized spacial score (nSPS) is 15.6. The van der Waals surface area contributed by atoms with Gasteiger partial charge >= 0.3 is 0 Å². The number of benzene rings is 5. The van der Waals surface area contributed by atoms with Crippen molar-refractivity contribution in [2.45, 2.75) is 45.4 Å². The van der Waals surface area contributed by atoms with Gasteiger partial charge in [-0.05, 0) is 55.2 Å². The molecule has 2 heterocycles. The number of aryl methyl sites for hydroxylation is 1. The van der Waals surface area contributed by atoms with Crippen molar-refractivity contribution in [3.05, 3.63) is 162 Å². The van der Waals surface area contributed by atoms with Gasteiger partial charge in [0, 0.05) is 93.9 Å². The zero-order valence-electron chi connectivity index (χ0n) is 40.1. The molecule has 1 aromatic heterocycles. The molecule has 0 saturated carbocycles. The minimum Gasteiger partial charge on any atom is -0.351 e. The first-order valence-electron chi connectivity index (χ1n) is 24.0. The van der Waals surface area contributed by atoms with Gasteiger partial charge in [-0.3, -0.25) is 24.1 Å². The average molecular weight is 919 g/mol. The lowest BCUT2D eigenvalue weighted by Gasteiger charge is -2.35. The van der Waals surface area contributed by atoms with Crippen molar-refractivity contribution in [2.24, 2.45) is 7.05 Å². The maximum atomic E-state index is 14.1. The quantitative estimate of drug-likeness (QED) is 0.0762. The van der Waals surface area contributed by atoms with Crippen LogP contribution in [0.3, 0.4) is 0 Å². The lowest BCUT2D eigenvalue weighted by molar-refractivity contribution is -0.643. The smallest absolute Gasteiger partial charge is 0.236 e. The van der Waals surface area contributed by atoms with Crippen molar-refractivity contribution in [3.8, 4) is 0 Å². The highest BCUT2D eigenvalue weighted by Gasteiger charge is 2.25. The first kappa shape index (κ1) is 49.4. The van der Waals surface area contributed by atoms with Gasteiger partial charge in [-0.15, -0.1) is 0 Å². The molecule has 0 aliphatic carbocycles. The van der Waals surface area contributed by atoms with E-state index in [2.05, 4.69) is 56.3 Å². The minimum atomic E-state index is -0.151. The third-order valence-corrected chi connectivity index (χ3v) is 13.2. The van der Waals surface area contributed by atoms with E-state index in [0.717, 1.165) is 43.9 Å². The largest absolute Gasteiger partial charge is 0.351 e. The number of fused-ring (bicyclic) bond motifs is 3. The Morgan fingerprint density at radius 3 is 1.38 bits per heavy atom. The fraction of sp³-hybridized carbons (Fsp3) is 0.364. The van der Waals surface area contributed by atoms with E-state index in [1.807, 2.05) is 142 Å². The monoisotopic (exact) mass is 919 g/mol. The van der Waals surface area contributed by atoms with Crippen LogP contribution in [0.4, 0.5) is 0 Å². The summed E-state index contributed by atoms with van der Waals surface area (Å²) >= 11 is 0. The Morgan fingerprint density at radius 1 is 0.515 bits per heavy atom. The summed E-state index contributed by atoms with van der Waals surface area (Å²) in [6.45, 7) is 9.44. The summed E-state index contributed by atoms with van der Waals surface area (Å²) in [6.07, 6.45) is 2.13. The van der Waals surface area contributed by atoms with Crippen molar-refractivity contribution >= 4 is 45.3 Å². The lowest BCUT2D eigenvalue weighted by Crippen LogP contribution is -2.53. The van der Waals surface area contributed by atoms with Gasteiger partial charge in [-0.1, -0.05) is 115 Å². The molecule has 1 saturated heterocycles. The number of rotatable bonds is 16. The van der Waals surface area contributed by atoms with E-state index in [9.17, 15) is 19.2 Å². The van der Waals surface area contributed by atoms with Gasteiger partial charge in [0.2, 0.25) is 29.1 Å². The Morgan fingerprint density at radius 2 is 0.926 bits per heavy atom. The van der Waals surface area contributed by atoms with Crippen LogP contribution in [-0.4, -0.2) is 122 Å². The number of hydrogen-bond acceptors (Lipinski definition) is 8. The molecule has 7 rings (SSSR count). The van der Waals surface area contributed by atoms with E-state index in [1.165, 1.54) is 0 Å². The zero-order chi connectivity index (χ0) is 47.8. The topological polar surface area (TPSA) is 133 Å². The molecule has 68 heavy (non-hydrogen) atoms. The SMILES string of the molecule is C[C@@H](NCC(=O)N1CCN(CC(=O)NCc2ccc3c(c2)c2ccccc2c[n+]3C)CCN(C(=O)CN[C@H](C)c2ccccc2)CCN(C(=O)CN[C@H](C)c2ccccc2)CC1)c1ccccc1. The van der Waals surface area contributed by atoms with Gasteiger partial charge in [0.15, 0.2) is 6.20 Å². The molecule has 1 fully saturated rings. The summed E-state index contributed by atoms with van der Waals surface area (Å²) in [4.78, 5) is 63.7. The summed E-state index contributed by atoms with van der Waals surface area (Å²) in [7, 11) is 2.04. The van der Waals surface area contributed by atoms with Crippen molar-refractivity contribution in [1.29, 1.82) is 0 Å². The molecule has 0 unspecified atom stereocenters. The molecule has 4 amide bonds. The number of aromatic nitrogens is 1. The number of hydrogen-bond donors (Lipinski definition) is 4. The number of carbonyl (C=O) groups excluding carboxylic acids is 4. The minimum absolute atomic E-state index is 0.0543. The van der Waals surface area contributed by atoms with Crippen LogP contribution in [0.1, 0.15) is 61.2 Å². The molecule has 0 bridgehead atoms. The molecule has 0 spiro atoms. The Kier molecular flexibility index (Phi) is 17.8. The summed E-state index contributed by atoms with van der Waals surface area (Å²) in [5.74, 6) is -0.444. The van der Waals surface area contributed by atoms with Crippen LogP contribution in [0.15, 0.2) is 140 Å².